The van der Waals surface area contributed by atoms with Crippen LogP contribution in [0.3, 0.4) is 0 Å². The highest BCUT2D eigenvalue weighted by Gasteiger charge is 2.28. The molecule has 0 aliphatic carbocycles. The first kappa shape index (κ1) is 81.6. The molecule has 0 N–H and O–H groups in total. The van der Waals surface area contributed by atoms with Gasteiger partial charge in [0.15, 0.2) is 16.7 Å². The predicted octanol–water partition coefficient (Wildman–Crippen LogP) is 38.7. The van der Waals surface area contributed by atoms with E-state index >= 15 is 0 Å². The number of nitrogens with zero attached hydrogens (tertiary/aromatic N) is 3. The van der Waals surface area contributed by atoms with Crippen molar-refractivity contribution in [2.75, 3.05) is 0 Å². The van der Waals surface area contributed by atoms with Crippen molar-refractivity contribution in [3.05, 3.63) is 491 Å². The van der Waals surface area contributed by atoms with Crippen LogP contribution in [0.4, 0.5) is 0 Å². The summed E-state index contributed by atoms with van der Waals surface area (Å²) in [5.74, 6) is 0. The van der Waals surface area contributed by atoms with Crippen molar-refractivity contribution >= 4 is 193 Å². The van der Waals surface area contributed by atoms with Gasteiger partial charge in [-0.1, -0.05) is 358 Å². The molecule has 0 bridgehead atoms. The molecule has 0 saturated heterocycles. The number of thiophene rings is 3. The lowest BCUT2D eigenvalue weighted by molar-refractivity contribution is 0.672. The molecule has 0 unspecified atom stereocenters. The van der Waals surface area contributed by atoms with Gasteiger partial charge in [0.25, 0.3) is 0 Å². The standard InChI is InChI=1S/3C44H27NOS/c1-3-13-28(14-4-1)33-21-10-23-35-36-24-11-22-34(44(36)47-43(33)35)30-16-9-15-29(27-30)32-20-12-26-39-40(32)41-42(46-39)37-19-7-8-25-38(37)45(41)31-17-5-2-6-18-31;1-3-12-28(13-4-1)29-24-25-40-37(27-29)35-21-10-20-34(44(35)47-40)31-15-9-14-30(26-31)33-19-11-23-39-41(33)42-43(46-39)36-18-7-8-22-38(36)45(42)32-16-5-2-6-17-32;1-3-11-28(12-4-1)30-21-23-35-36-24-22-31(27-41(36)47-40(35)26-30)29-13-9-14-32(25-29)34-18-10-20-39-42(34)43-44(46-39)37-17-7-8-19-38(37)45(43)33-15-5-2-6-16-33/h3*1-27H. The fourth-order valence-electron chi connectivity index (χ4n) is 21.9. The Bertz CT molecular complexity index is 10200. The molecule has 0 radical (unpaired) electrons. The number of para-hydroxylation sites is 6. The van der Waals surface area contributed by atoms with E-state index in [2.05, 4.69) is 505 Å². The third-order valence-corrected chi connectivity index (χ3v) is 31.8. The minimum atomic E-state index is 0.897. The lowest BCUT2D eigenvalue weighted by atomic mass is 9.96. The Balaban J connectivity index is 0.000000104. The average molecular weight is 1850 g/mol. The van der Waals surface area contributed by atoms with Crippen molar-refractivity contribution in [2.45, 2.75) is 0 Å². The molecule has 0 fully saturated rings. The Labute approximate surface area is 822 Å². The molecule has 0 amide bonds. The zero-order valence-electron chi connectivity index (χ0n) is 76.1. The van der Waals surface area contributed by atoms with Gasteiger partial charge in [-0.15, -0.1) is 34.0 Å². The number of aromatic nitrogens is 3. The Morgan fingerprint density at radius 3 is 0.844 bits per heavy atom. The molecule has 141 heavy (non-hydrogen) atoms. The maximum atomic E-state index is 6.66. The van der Waals surface area contributed by atoms with Gasteiger partial charge in [0, 0.05) is 93.7 Å². The normalized spacial score (nSPS) is 11.8. The SMILES string of the molecule is c1ccc(-c2ccc3c(c2)sc2cc(-c4cccc(-c5cccc6oc7c8ccccc8n(-c8ccccc8)c7c56)c4)ccc23)cc1.c1ccc(-c2ccc3sc4c(-c5cccc(-c6cccc7oc8c9ccccc9n(-c9ccccc9)c8c67)c5)cccc4c3c2)cc1.c1ccc(-c2cccc3c2sc2c(-c4cccc(-c5cccc6oc7c8ccccc8n(-c8ccccc8)c7c56)c4)cccc23)cc1. The number of furan rings is 3. The van der Waals surface area contributed by atoms with Crippen LogP contribution in [0.25, 0.3) is 277 Å². The smallest absolute Gasteiger partial charge is 0.161 e. The van der Waals surface area contributed by atoms with Gasteiger partial charge in [0.2, 0.25) is 0 Å². The summed E-state index contributed by atoms with van der Waals surface area (Å²) in [5, 5.41) is 14.6. The van der Waals surface area contributed by atoms with Gasteiger partial charge >= 0.3 is 0 Å². The van der Waals surface area contributed by atoms with Gasteiger partial charge in [-0.05, 0) is 234 Å². The summed E-state index contributed by atoms with van der Waals surface area (Å²) < 4.78 is 34.9. The lowest BCUT2D eigenvalue weighted by Crippen LogP contribution is -1.93. The fraction of sp³-hybridized carbons (Fsp3) is 0. The van der Waals surface area contributed by atoms with E-state index in [0.29, 0.717) is 0 Å². The first-order chi connectivity index (χ1) is 69.9. The molecule has 0 atom stereocenters. The number of hydrogen-bond acceptors (Lipinski definition) is 6. The van der Waals surface area contributed by atoms with Crippen LogP contribution in [0, 0.1) is 0 Å². The largest absolute Gasteiger partial charge is 0.454 e. The zero-order chi connectivity index (χ0) is 92.7. The average Bonchev–Trinajstić information content (AvgIpc) is 1.56. The first-order valence-corrected chi connectivity index (χ1v) is 50.2. The summed E-state index contributed by atoms with van der Waals surface area (Å²) in [4.78, 5) is 0. The van der Waals surface area contributed by atoms with Crippen molar-refractivity contribution in [1.29, 1.82) is 0 Å². The summed E-state index contributed by atoms with van der Waals surface area (Å²) in [5.41, 5.74) is 37.5. The highest BCUT2D eigenvalue weighted by molar-refractivity contribution is 7.27. The van der Waals surface area contributed by atoms with Crippen molar-refractivity contribution in [3.8, 4) is 117 Å². The van der Waals surface area contributed by atoms with Crippen LogP contribution in [-0.2, 0) is 0 Å². The summed E-state index contributed by atoms with van der Waals surface area (Å²) >= 11 is 5.64. The molecule has 9 aromatic heterocycles. The minimum absolute atomic E-state index is 0.897. The molecular weight excluding hydrogens is 1770 g/mol. The third-order valence-electron chi connectivity index (χ3n) is 28.2. The topological polar surface area (TPSA) is 54.2 Å². The van der Waals surface area contributed by atoms with Crippen molar-refractivity contribution in [3.63, 3.8) is 0 Å². The molecule has 0 aliphatic rings. The van der Waals surface area contributed by atoms with Crippen LogP contribution in [0.2, 0.25) is 0 Å². The van der Waals surface area contributed by atoms with Crippen molar-refractivity contribution < 1.29 is 13.3 Å². The molecule has 30 aromatic rings. The lowest BCUT2D eigenvalue weighted by Gasteiger charge is -2.11. The van der Waals surface area contributed by atoms with Gasteiger partial charge in [-0.3, -0.25) is 0 Å². The Morgan fingerprint density at radius 2 is 0.433 bits per heavy atom. The molecule has 30 rings (SSSR count). The first-order valence-electron chi connectivity index (χ1n) is 47.8. The van der Waals surface area contributed by atoms with Gasteiger partial charge in [-0.2, -0.15) is 0 Å². The van der Waals surface area contributed by atoms with E-state index < -0.39 is 0 Å². The van der Waals surface area contributed by atoms with E-state index in [1.165, 1.54) is 155 Å². The third kappa shape index (κ3) is 13.6. The van der Waals surface area contributed by atoms with E-state index in [0.717, 1.165) is 122 Å². The van der Waals surface area contributed by atoms with Crippen LogP contribution < -0.4 is 0 Å². The number of benzene rings is 21. The number of fused-ring (bicyclic) bond motifs is 24. The summed E-state index contributed by atoms with van der Waals surface area (Å²) in [6.07, 6.45) is 0. The Kier molecular flexibility index (Phi) is 19.5. The quantitative estimate of drug-likeness (QED) is 0.122. The van der Waals surface area contributed by atoms with E-state index in [1.807, 2.05) is 34.0 Å². The maximum absolute atomic E-state index is 6.66. The second-order valence-corrected chi connectivity index (χ2v) is 39.4. The van der Waals surface area contributed by atoms with Crippen LogP contribution >= 0.6 is 34.0 Å². The monoisotopic (exact) mass is 1850 g/mol. The van der Waals surface area contributed by atoms with E-state index in [1.54, 1.807) is 0 Å². The second kappa shape index (κ2) is 33.6. The van der Waals surface area contributed by atoms with Crippen LogP contribution in [0.1, 0.15) is 0 Å². The highest BCUT2D eigenvalue weighted by Crippen LogP contribution is 2.52. The summed E-state index contributed by atoms with van der Waals surface area (Å²) in [7, 11) is 0. The van der Waals surface area contributed by atoms with Crippen LogP contribution in [0.5, 0.6) is 0 Å². The van der Waals surface area contributed by atoms with Crippen LogP contribution in [0.15, 0.2) is 505 Å². The van der Waals surface area contributed by atoms with E-state index in [-0.39, 0.29) is 0 Å². The van der Waals surface area contributed by atoms with Crippen molar-refractivity contribution in [1.82, 2.24) is 13.7 Å². The predicted molar refractivity (Wildman–Crippen MR) is 599 cm³/mol. The molecule has 660 valence electrons. The molecular formula is C132H81N3O3S3. The molecule has 0 aliphatic heterocycles. The molecule has 9 heteroatoms. The number of hydrogen-bond donors (Lipinski definition) is 0. The maximum Gasteiger partial charge on any atom is 0.161 e. The fourth-order valence-corrected chi connectivity index (χ4v) is 25.6. The van der Waals surface area contributed by atoms with Gasteiger partial charge in [0.05, 0.1) is 32.7 Å². The van der Waals surface area contributed by atoms with Gasteiger partial charge < -0.3 is 27.0 Å². The van der Waals surface area contributed by atoms with Gasteiger partial charge in [0.1, 0.15) is 33.3 Å². The van der Waals surface area contributed by atoms with E-state index in [4.69, 9.17) is 13.3 Å². The molecule has 6 nitrogen and oxygen atoms in total. The van der Waals surface area contributed by atoms with E-state index in [9.17, 15) is 0 Å². The summed E-state index contributed by atoms with van der Waals surface area (Å²) in [6, 6.07) is 176. The molecule has 0 saturated carbocycles. The molecule has 9 heterocycles. The van der Waals surface area contributed by atoms with Crippen molar-refractivity contribution in [2.24, 2.45) is 0 Å². The molecule has 0 spiro atoms. The highest BCUT2D eigenvalue weighted by atomic mass is 32.1. The zero-order valence-corrected chi connectivity index (χ0v) is 78.5. The van der Waals surface area contributed by atoms with Crippen LogP contribution in [-0.4, -0.2) is 13.7 Å². The molecule has 21 aromatic carbocycles. The Hall–Kier alpha value is -17.7. The van der Waals surface area contributed by atoms with Gasteiger partial charge in [-0.25, -0.2) is 0 Å². The number of rotatable bonds is 12. The summed E-state index contributed by atoms with van der Waals surface area (Å²) in [6.45, 7) is 0. The second-order valence-electron chi connectivity index (χ2n) is 36.3. The minimum Gasteiger partial charge on any atom is -0.454 e. The Morgan fingerprint density at radius 1 is 0.156 bits per heavy atom.